The Kier molecular flexibility index (Phi) is 6.30. The van der Waals surface area contributed by atoms with E-state index < -0.39 is 0 Å². The number of halogens is 2. The number of carbonyl (C=O) groups excluding carboxylic acids is 1. The summed E-state index contributed by atoms with van der Waals surface area (Å²) in [6.07, 6.45) is 0.964. The average Bonchev–Trinajstić information content (AvgIpc) is 2.80. The van der Waals surface area contributed by atoms with E-state index in [1.807, 2.05) is 29.2 Å². The maximum absolute atomic E-state index is 12.1. The molecule has 0 bridgehead atoms. The largest absolute Gasteiger partial charge is 0.484 e. The maximum atomic E-state index is 12.1. The topological polar surface area (TPSA) is 55.6 Å². The van der Waals surface area contributed by atoms with E-state index in [4.69, 9.17) is 10.5 Å². The fourth-order valence-electron chi connectivity index (χ4n) is 2.20. The first-order valence-electron chi connectivity index (χ1n) is 6.39. The molecule has 1 amide bonds. The van der Waals surface area contributed by atoms with Crippen molar-refractivity contribution in [2.75, 3.05) is 26.2 Å². The summed E-state index contributed by atoms with van der Waals surface area (Å²) in [6.45, 7) is 4.31. The van der Waals surface area contributed by atoms with Crippen LogP contribution in [0.2, 0.25) is 0 Å². The van der Waals surface area contributed by atoms with Crippen molar-refractivity contribution >= 4 is 34.2 Å². The summed E-state index contributed by atoms with van der Waals surface area (Å²) in [7, 11) is 0. The van der Waals surface area contributed by atoms with Gasteiger partial charge >= 0.3 is 0 Å². The predicted molar refractivity (Wildman–Crippen MR) is 85.2 cm³/mol. The normalized spacial score (nSPS) is 21.4. The molecule has 0 saturated carbocycles. The Bertz CT molecular complexity index is 472. The first-order valence-corrected chi connectivity index (χ1v) is 7.18. The van der Waals surface area contributed by atoms with Crippen molar-refractivity contribution < 1.29 is 9.53 Å². The van der Waals surface area contributed by atoms with Crippen molar-refractivity contribution in [3.8, 4) is 5.75 Å². The van der Waals surface area contributed by atoms with Gasteiger partial charge in [-0.15, -0.1) is 12.4 Å². The van der Waals surface area contributed by atoms with Gasteiger partial charge in [0, 0.05) is 17.6 Å². The number of nitrogens with zero attached hydrogens (tertiary/aromatic N) is 1. The molecule has 20 heavy (non-hydrogen) atoms. The summed E-state index contributed by atoms with van der Waals surface area (Å²) in [5, 5.41) is 0. The number of carbonyl (C=O) groups is 1. The highest BCUT2D eigenvalue weighted by Crippen LogP contribution is 2.28. The van der Waals surface area contributed by atoms with Crippen LogP contribution >= 0.6 is 28.3 Å². The number of benzene rings is 1. The lowest BCUT2D eigenvalue weighted by molar-refractivity contribution is -0.132. The smallest absolute Gasteiger partial charge is 0.260 e. The summed E-state index contributed by atoms with van der Waals surface area (Å²) in [5.41, 5.74) is 5.80. The summed E-state index contributed by atoms with van der Waals surface area (Å²) < 4.78 is 6.45. The van der Waals surface area contributed by atoms with Gasteiger partial charge in [0.25, 0.3) is 5.91 Å². The molecule has 0 aliphatic carbocycles. The zero-order valence-corrected chi connectivity index (χ0v) is 13.9. The molecule has 0 spiro atoms. The van der Waals surface area contributed by atoms with Crippen LogP contribution in [0.25, 0.3) is 0 Å². The molecule has 1 aromatic rings. The van der Waals surface area contributed by atoms with E-state index in [2.05, 4.69) is 22.9 Å². The van der Waals surface area contributed by atoms with Crippen LogP contribution in [0.5, 0.6) is 5.75 Å². The van der Waals surface area contributed by atoms with Gasteiger partial charge in [0.1, 0.15) is 5.75 Å². The Morgan fingerprint density at radius 2 is 2.30 bits per heavy atom. The molecule has 1 aliphatic heterocycles. The summed E-state index contributed by atoms with van der Waals surface area (Å²) in [5.74, 6) is 0.723. The highest BCUT2D eigenvalue weighted by Gasteiger charge is 2.34. The number of amides is 1. The molecule has 1 fully saturated rings. The minimum Gasteiger partial charge on any atom is -0.484 e. The standard InChI is InChI=1S/C14H19BrN2O2.ClH/c1-14(9-16)5-6-17(10-14)13(18)8-19-12-4-2-3-11(15)7-12;/h2-4,7H,5-6,8-10,16H2,1H3;1H. The van der Waals surface area contributed by atoms with Crippen LogP contribution < -0.4 is 10.5 Å². The van der Waals surface area contributed by atoms with Crippen molar-refractivity contribution in [1.29, 1.82) is 0 Å². The summed E-state index contributed by atoms with van der Waals surface area (Å²) >= 11 is 3.37. The lowest BCUT2D eigenvalue weighted by Gasteiger charge is -2.22. The molecule has 2 rings (SSSR count). The summed E-state index contributed by atoms with van der Waals surface area (Å²) in [4.78, 5) is 13.9. The highest BCUT2D eigenvalue weighted by atomic mass is 79.9. The van der Waals surface area contributed by atoms with E-state index in [9.17, 15) is 4.79 Å². The molecule has 2 N–H and O–H groups in total. The Hall–Kier alpha value is -0.780. The van der Waals surface area contributed by atoms with Crippen LogP contribution in [0.3, 0.4) is 0 Å². The number of rotatable bonds is 4. The molecule has 1 unspecified atom stereocenters. The lowest BCUT2D eigenvalue weighted by Crippen LogP contribution is -2.36. The van der Waals surface area contributed by atoms with Crippen LogP contribution in [0, 0.1) is 5.41 Å². The SMILES string of the molecule is CC1(CN)CCN(C(=O)COc2cccc(Br)c2)C1.Cl. The van der Waals surface area contributed by atoms with Gasteiger partial charge in [-0.05, 0) is 36.6 Å². The molecule has 6 heteroatoms. The van der Waals surface area contributed by atoms with Crippen molar-refractivity contribution in [3.05, 3.63) is 28.7 Å². The second-order valence-corrected chi connectivity index (χ2v) is 6.24. The molecular formula is C14H20BrClN2O2. The zero-order chi connectivity index (χ0) is 13.9. The van der Waals surface area contributed by atoms with Crippen molar-refractivity contribution in [2.24, 2.45) is 11.1 Å². The zero-order valence-electron chi connectivity index (χ0n) is 11.5. The summed E-state index contributed by atoms with van der Waals surface area (Å²) in [6, 6.07) is 7.49. The van der Waals surface area contributed by atoms with E-state index in [0.29, 0.717) is 12.3 Å². The third kappa shape index (κ3) is 4.36. The lowest BCUT2D eigenvalue weighted by atomic mass is 9.90. The van der Waals surface area contributed by atoms with Gasteiger partial charge in [-0.3, -0.25) is 4.79 Å². The van der Waals surface area contributed by atoms with Crippen LogP contribution in [-0.4, -0.2) is 37.0 Å². The van der Waals surface area contributed by atoms with Gasteiger partial charge in [0.2, 0.25) is 0 Å². The van der Waals surface area contributed by atoms with Gasteiger partial charge in [0.05, 0.1) is 0 Å². The Morgan fingerprint density at radius 1 is 1.55 bits per heavy atom. The van der Waals surface area contributed by atoms with E-state index in [1.54, 1.807) is 0 Å². The van der Waals surface area contributed by atoms with E-state index in [-0.39, 0.29) is 30.3 Å². The van der Waals surface area contributed by atoms with Gasteiger partial charge < -0.3 is 15.4 Å². The minimum atomic E-state index is 0. The molecule has 1 aliphatic rings. The van der Waals surface area contributed by atoms with Crippen LogP contribution in [0.15, 0.2) is 28.7 Å². The number of ether oxygens (including phenoxy) is 1. The average molecular weight is 364 g/mol. The molecule has 0 aromatic heterocycles. The van der Waals surface area contributed by atoms with Gasteiger partial charge in [-0.25, -0.2) is 0 Å². The molecule has 1 aromatic carbocycles. The maximum Gasteiger partial charge on any atom is 0.260 e. The second kappa shape index (κ2) is 7.29. The monoisotopic (exact) mass is 362 g/mol. The highest BCUT2D eigenvalue weighted by molar-refractivity contribution is 9.10. The first-order chi connectivity index (χ1) is 9.02. The van der Waals surface area contributed by atoms with Crippen molar-refractivity contribution in [2.45, 2.75) is 13.3 Å². The third-order valence-corrected chi connectivity index (χ3v) is 4.06. The number of likely N-dealkylation sites (tertiary alicyclic amines) is 1. The van der Waals surface area contributed by atoms with Crippen molar-refractivity contribution in [1.82, 2.24) is 4.90 Å². The quantitative estimate of drug-likeness (QED) is 0.894. The second-order valence-electron chi connectivity index (χ2n) is 5.33. The molecule has 0 radical (unpaired) electrons. The molecule has 1 heterocycles. The molecule has 112 valence electrons. The van der Waals surface area contributed by atoms with E-state index in [1.165, 1.54) is 0 Å². The number of hydrogen-bond acceptors (Lipinski definition) is 3. The number of nitrogens with two attached hydrogens (primary N) is 1. The molecule has 1 saturated heterocycles. The van der Waals surface area contributed by atoms with Gasteiger partial charge in [0.15, 0.2) is 6.61 Å². The first kappa shape index (κ1) is 17.3. The number of hydrogen-bond donors (Lipinski definition) is 1. The van der Waals surface area contributed by atoms with Crippen LogP contribution in [0.4, 0.5) is 0 Å². The Balaban J connectivity index is 0.00000200. The van der Waals surface area contributed by atoms with Gasteiger partial charge in [-0.1, -0.05) is 28.9 Å². The molecular weight excluding hydrogens is 344 g/mol. The fraction of sp³-hybridized carbons (Fsp3) is 0.500. The van der Waals surface area contributed by atoms with Crippen LogP contribution in [-0.2, 0) is 4.79 Å². The van der Waals surface area contributed by atoms with E-state index in [0.717, 1.165) is 24.0 Å². The Morgan fingerprint density at radius 3 is 2.90 bits per heavy atom. The molecule has 1 atom stereocenters. The third-order valence-electron chi connectivity index (χ3n) is 3.56. The van der Waals surface area contributed by atoms with Gasteiger partial charge in [-0.2, -0.15) is 0 Å². The fourth-order valence-corrected chi connectivity index (χ4v) is 2.57. The molecule has 4 nitrogen and oxygen atoms in total. The predicted octanol–water partition coefficient (Wildman–Crippen LogP) is 2.45. The van der Waals surface area contributed by atoms with E-state index >= 15 is 0 Å². The van der Waals surface area contributed by atoms with Crippen molar-refractivity contribution in [3.63, 3.8) is 0 Å². The Labute approximate surface area is 134 Å². The van der Waals surface area contributed by atoms with Crippen LogP contribution in [0.1, 0.15) is 13.3 Å². The minimum absolute atomic E-state index is 0.